The van der Waals surface area contributed by atoms with E-state index >= 15 is 0 Å². The van der Waals surface area contributed by atoms with Gasteiger partial charge in [-0.3, -0.25) is 4.79 Å². The van der Waals surface area contributed by atoms with Gasteiger partial charge in [-0.1, -0.05) is 6.08 Å². The summed E-state index contributed by atoms with van der Waals surface area (Å²) in [5.41, 5.74) is 1.23. The van der Waals surface area contributed by atoms with Gasteiger partial charge in [-0.25, -0.2) is 0 Å². The molecule has 1 rings (SSSR count). The van der Waals surface area contributed by atoms with E-state index in [4.69, 9.17) is 0 Å². The van der Waals surface area contributed by atoms with Crippen LogP contribution in [0, 0.1) is 10.1 Å². The second-order valence-corrected chi connectivity index (χ2v) is 3.10. The molecule has 0 amide bonds. The average Bonchev–Trinajstić information content (AvgIpc) is 2.32. The molecular formula is C9H11NO4. The van der Waals surface area contributed by atoms with Gasteiger partial charge in [-0.15, -0.1) is 16.7 Å². The van der Waals surface area contributed by atoms with Crippen LogP contribution < -0.4 is 0 Å². The fourth-order valence-electron chi connectivity index (χ4n) is 1.50. The molecule has 0 radical (unpaired) electrons. The van der Waals surface area contributed by atoms with Gasteiger partial charge in [0.15, 0.2) is 5.78 Å². The lowest BCUT2D eigenvalue weighted by Gasteiger charge is -2.07. The minimum atomic E-state index is -0.863. The lowest BCUT2D eigenvalue weighted by atomic mass is 10.1. The Bertz CT molecular complexity index is 319. The summed E-state index contributed by atoms with van der Waals surface area (Å²) >= 11 is 0. The predicted molar refractivity (Wildman–Crippen MR) is 49.0 cm³/mol. The molecule has 0 aromatic heterocycles. The highest BCUT2D eigenvalue weighted by atomic mass is 17.0. The van der Waals surface area contributed by atoms with Crippen LogP contribution in [0.15, 0.2) is 23.8 Å². The van der Waals surface area contributed by atoms with Gasteiger partial charge in [0.05, 0.1) is 0 Å². The first kappa shape index (κ1) is 10.4. The van der Waals surface area contributed by atoms with Gasteiger partial charge in [0, 0.05) is 12.0 Å². The maximum atomic E-state index is 11.4. The first-order valence-corrected chi connectivity index (χ1v) is 4.21. The summed E-state index contributed by atoms with van der Waals surface area (Å²) in [5.74, 6) is -0.0887. The van der Waals surface area contributed by atoms with Gasteiger partial charge in [-0.2, -0.15) is 0 Å². The van der Waals surface area contributed by atoms with Crippen LogP contribution in [0.3, 0.4) is 0 Å². The highest BCUT2D eigenvalue weighted by Gasteiger charge is 2.31. The van der Waals surface area contributed by atoms with Gasteiger partial charge >= 0.3 is 0 Å². The quantitative estimate of drug-likeness (QED) is 0.388. The second kappa shape index (κ2) is 4.04. The Kier molecular flexibility index (Phi) is 3.01. The molecule has 76 valence electrons. The number of rotatable bonds is 4. The highest BCUT2D eigenvalue weighted by Crippen LogP contribution is 2.27. The summed E-state index contributed by atoms with van der Waals surface area (Å²) in [6.07, 6.45) is 1.41. The molecule has 5 heteroatoms. The van der Waals surface area contributed by atoms with E-state index in [1.807, 2.05) is 0 Å². The number of hydrogen-bond acceptors (Lipinski definition) is 4. The highest BCUT2D eigenvalue weighted by molar-refractivity contribution is 5.99. The first-order valence-electron chi connectivity index (χ1n) is 4.21. The van der Waals surface area contributed by atoms with Crippen molar-refractivity contribution < 1.29 is 14.7 Å². The van der Waals surface area contributed by atoms with E-state index in [0.717, 1.165) is 0 Å². The van der Waals surface area contributed by atoms with Crippen LogP contribution in [0.2, 0.25) is 0 Å². The largest absolute Gasteiger partial charge is 0.306 e. The number of allylic oxidation sites excluding steroid dienone is 2. The van der Waals surface area contributed by atoms with E-state index in [9.17, 15) is 14.9 Å². The Balaban J connectivity index is 2.81. The number of Topliss-reactive ketones (excluding diaryl/α,β-unsaturated/α-hetero) is 1. The smallest absolute Gasteiger partial charge is 0.295 e. The van der Waals surface area contributed by atoms with Crippen molar-refractivity contribution in [1.29, 1.82) is 0 Å². The number of carbonyl (C=O) groups excluding carboxylic acids is 1. The minimum absolute atomic E-state index is 0.0655. The van der Waals surface area contributed by atoms with Crippen LogP contribution in [0.5, 0.6) is 0 Å². The number of carbonyl (C=O) groups is 1. The van der Waals surface area contributed by atoms with Crippen molar-refractivity contribution >= 4 is 5.78 Å². The molecule has 0 fully saturated rings. The lowest BCUT2D eigenvalue weighted by Crippen LogP contribution is -2.16. The normalized spacial score (nSPS) is 21.2. The summed E-state index contributed by atoms with van der Waals surface area (Å²) < 4.78 is 0. The molecule has 0 aromatic carbocycles. The van der Waals surface area contributed by atoms with Crippen LogP contribution in [-0.4, -0.2) is 17.0 Å². The summed E-state index contributed by atoms with van der Waals surface area (Å²) in [6, 6.07) is 0. The molecule has 1 aliphatic rings. The molecule has 0 unspecified atom stereocenters. The van der Waals surface area contributed by atoms with E-state index in [1.165, 1.54) is 0 Å². The SMILES string of the molecule is C=CCC1=C(C)[C@H](O[N+](=O)[O-])CC1=O. The Hall–Kier alpha value is -1.65. The maximum Gasteiger partial charge on any atom is 0.295 e. The van der Waals surface area contributed by atoms with E-state index in [2.05, 4.69) is 11.4 Å². The third-order valence-corrected chi connectivity index (χ3v) is 2.23. The topological polar surface area (TPSA) is 69.4 Å². The number of ketones is 1. The van der Waals surface area contributed by atoms with Crippen LogP contribution in [0.1, 0.15) is 19.8 Å². The molecule has 0 spiro atoms. The summed E-state index contributed by atoms with van der Waals surface area (Å²) in [5, 5.41) is 9.24. The molecule has 0 bridgehead atoms. The van der Waals surface area contributed by atoms with Gasteiger partial charge in [0.1, 0.15) is 6.10 Å². The fraction of sp³-hybridized carbons (Fsp3) is 0.444. The van der Waals surface area contributed by atoms with Gasteiger partial charge in [0.25, 0.3) is 5.09 Å². The predicted octanol–water partition coefficient (Wildman–Crippen LogP) is 1.43. The molecular weight excluding hydrogens is 186 g/mol. The van der Waals surface area contributed by atoms with E-state index < -0.39 is 11.2 Å². The third kappa shape index (κ3) is 1.99. The summed E-state index contributed by atoms with van der Waals surface area (Å²) in [4.78, 5) is 25.8. The van der Waals surface area contributed by atoms with Gasteiger partial charge in [0.2, 0.25) is 0 Å². The Morgan fingerprint density at radius 1 is 1.79 bits per heavy atom. The van der Waals surface area contributed by atoms with Crippen LogP contribution in [-0.2, 0) is 9.63 Å². The van der Waals surface area contributed by atoms with Crippen molar-refractivity contribution in [2.45, 2.75) is 25.9 Å². The third-order valence-electron chi connectivity index (χ3n) is 2.23. The zero-order chi connectivity index (χ0) is 10.7. The van der Waals surface area contributed by atoms with Crippen molar-refractivity contribution in [3.05, 3.63) is 33.9 Å². The van der Waals surface area contributed by atoms with Gasteiger partial charge < -0.3 is 4.84 Å². The molecule has 0 N–H and O–H groups in total. The Morgan fingerprint density at radius 2 is 2.43 bits per heavy atom. The fourth-order valence-corrected chi connectivity index (χ4v) is 1.50. The standard InChI is InChI=1S/C9H11NO4/c1-3-4-7-6(2)9(5-8(7)11)14-10(12)13/h3,9H,1,4-5H2,2H3/t9-/m1/s1. The Morgan fingerprint density at radius 3 is 2.93 bits per heavy atom. The zero-order valence-corrected chi connectivity index (χ0v) is 7.86. The van der Waals surface area contributed by atoms with Crippen molar-refractivity contribution in [3.8, 4) is 0 Å². The molecule has 0 aliphatic heterocycles. The maximum absolute atomic E-state index is 11.4. The van der Waals surface area contributed by atoms with E-state index in [-0.39, 0.29) is 12.2 Å². The average molecular weight is 197 g/mol. The van der Waals surface area contributed by atoms with Crippen LogP contribution >= 0.6 is 0 Å². The van der Waals surface area contributed by atoms with Gasteiger partial charge in [-0.05, 0) is 18.9 Å². The molecule has 0 heterocycles. The molecule has 14 heavy (non-hydrogen) atoms. The molecule has 0 aromatic rings. The van der Waals surface area contributed by atoms with Crippen molar-refractivity contribution in [2.75, 3.05) is 0 Å². The van der Waals surface area contributed by atoms with E-state index in [0.29, 0.717) is 17.6 Å². The van der Waals surface area contributed by atoms with Crippen LogP contribution in [0.25, 0.3) is 0 Å². The molecule has 0 saturated carbocycles. The molecule has 0 saturated heterocycles. The molecule has 1 aliphatic carbocycles. The van der Waals surface area contributed by atoms with Crippen molar-refractivity contribution in [2.24, 2.45) is 0 Å². The lowest BCUT2D eigenvalue weighted by molar-refractivity contribution is -0.765. The van der Waals surface area contributed by atoms with Crippen molar-refractivity contribution in [3.63, 3.8) is 0 Å². The summed E-state index contributed by atoms with van der Waals surface area (Å²) in [7, 11) is 0. The number of nitrogens with zero attached hydrogens (tertiary/aromatic N) is 1. The number of hydrogen-bond donors (Lipinski definition) is 0. The molecule has 1 atom stereocenters. The Labute approximate surface area is 81.2 Å². The second-order valence-electron chi connectivity index (χ2n) is 3.10. The molecule has 5 nitrogen and oxygen atoms in total. The summed E-state index contributed by atoms with van der Waals surface area (Å²) in [6.45, 7) is 5.20. The first-order chi connectivity index (χ1) is 6.56. The minimum Gasteiger partial charge on any atom is -0.306 e. The monoisotopic (exact) mass is 197 g/mol. The van der Waals surface area contributed by atoms with Crippen molar-refractivity contribution in [1.82, 2.24) is 0 Å². The zero-order valence-electron chi connectivity index (χ0n) is 7.86. The van der Waals surface area contributed by atoms with Crippen LogP contribution in [0.4, 0.5) is 0 Å². The van der Waals surface area contributed by atoms with E-state index in [1.54, 1.807) is 13.0 Å².